The van der Waals surface area contributed by atoms with Gasteiger partial charge in [0.05, 0.1) is 10.6 Å². The average Bonchev–Trinajstić information content (AvgIpc) is 2.58. The summed E-state index contributed by atoms with van der Waals surface area (Å²) in [4.78, 5) is 4.23. The fourth-order valence-corrected chi connectivity index (χ4v) is 2.66. The summed E-state index contributed by atoms with van der Waals surface area (Å²) in [5.74, 6) is 0.404. The molecule has 0 spiro atoms. The zero-order valence-electron chi connectivity index (χ0n) is 9.97. The second-order valence-corrected chi connectivity index (χ2v) is 6.65. The molecule has 0 aromatic heterocycles. The molecule has 0 unspecified atom stereocenters. The summed E-state index contributed by atoms with van der Waals surface area (Å²) in [5, 5.41) is 5.17. The predicted octanol–water partition coefficient (Wildman–Crippen LogP) is 1.54. The van der Waals surface area contributed by atoms with E-state index in [1.165, 1.54) is 12.1 Å². The second-order valence-electron chi connectivity index (χ2n) is 4.71. The Morgan fingerprint density at radius 3 is 2.61 bits per heavy atom. The largest absolute Gasteiger partial charge is 0.475 e. The molecule has 0 saturated heterocycles. The highest BCUT2D eigenvalue weighted by atomic mass is 35.5. The van der Waals surface area contributed by atoms with E-state index >= 15 is 0 Å². The first-order valence-electron chi connectivity index (χ1n) is 5.24. The maximum Gasteiger partial charge on any atom is 0.239 e. The first-order valence-corrected chi connectivity index (χ1v) is 7.17. The van der Waals surface area contributed by atoms with Gasteiger partial charge in [-0.25, -0.2) is 18.5 Å². The van der Waals surface area contributed by atoms with Crippen molar-refractivity contribution in [3.63, 3.8) is 0 Å². The SMILES string of the molecule is CC1(C)COC(c2ccc(Cl)c(S(N)(=O)=O)c2)=N1. The maximum absolute atomic E-state index is 11.4. The van der Waals surface area contributed by atoms with E-state index in [1.807, 2.05) is 13.8 Å². The summed E-state index contributed by atoms with van der Waals surface area (Å²) in [7, 11) is -3.86. The quantitative estimate of drug-likeness (QED) is 0.896. The third kappa shape index (κ3) is 2.66. The van der Waals surface area contributed by atoms with Gasteiger partial charge < -0.3 is 4.74 Å². The second kappa shape index (κ2) is 4.22. The molecule has 0 amide bonds. The number of nitrogens with two attached hydrogens (primary N) is 1. The minimum absolute atomic E-state index is 0.0825. The Kier molecular flexibility index (Phi) is 3.12. The number of nitrogens with zero attached hydrogens (tertiary/aromatic N) is 1. The molecule has 0 aliphatic carbocycles. The van der Waals surface area contributed by atoms with Gasteiger partial charge in [0.15, 0.2) is 0 Å². The van der Waals surface area contributed by atoms with Gasteiger partial charge in [0.2, 0.25) is 15.9 Å². The van der Waals surface area contributed by atoms with Gasteiger partial charge in [0.1, 0.15) is 11.5 Å². The van der Waals surface area contributed by atoms with Crippen molar-refractivity contribution in [3.8, 4) is 0 Å². The Bertz CT molecular complexity index is 623. The molecule has 0 radical (unpaired) electrons. The fraction of sp³-hybridized carbons (Fsp3) is 0.364. The third-order valence-electron chi connectivity index (χ3n) is 2.45. The summed E-state index contributed by atoms with van der Waals surface area (Å²) < 4.78 is 28.2. The molecule has 1 aromatic rings. The number of hydrogen-bond donors (Lipinski definition) is 1. The smallest absolute Gasteiger partial charge is 0.239 e. The molecule has 0 atom stereocenters. The average molecular weight is 289 g/mol. The minimum Gasteiger partial charge on any atom is -0.475 e. The number of sulfonamides is 1. The molecular formula is C11H13ClN2O3S. The van der Waals surface area contributed by atoms with E-state index in [2.05, 4.69) is 4.99 Å². The third-order valence-corrected chi connectivity index (χ3v) is 3.84. The van der Waals surface area contributed by atoms with Crippen LogP contribution in [0.25, 0.3) is 0 Å². The van der Waals surface area contributed by atoms with E-state index in [9.17, 15) is 8.42 Å². The lowest BCUT2D eigenvalue weighted by molar-refractivity contribution is 0.279. The van der Waals surface area contributed by atoms with Gasteiger partial charge in [-0.05, 0) is 32.0 Å². The molecule has 1 aliphatic rings. The van der Waals surface area contributed by atoms with Crippen molar-refractivity contribution in [2.24, 2.45) is 10.1 Å². The van der Waals surface area contributed by atoms with Crippen LogP contribution < -0.4 is 5.14 Å². The summed E-state index contributed by atoms with van der Waals surface area (Å²) in [5.41, 5.74) is 0.241. The lowest BCUT2D eigenvalue weighted by Crippen LogP contribution is -2.17. The van der Waals surface area contributed by atoms with Crippen LogP contribution in [0.3, 0.4) is 0 Å². The summed E-state index contributed by atoms with van der Waals surface area (Å²) in [6, 6.07) is 4.49. The number of hydrogen-bond acceptors (Lipinski definition) is 4. The van der Waals surface area contributed by atoms with E-state index in [1.54, 1.807) is 6.07 Å². The van der Waals surface area contributed by atoms with Crippen LogP contribution in [-0.4, -0.2) is 26.5 Å². The number of ether oxygens (including phenoxy) is 1. The summed E-state index contributed by atoms with van der Waals surface area (Å²) in [6.07, 6.45) is 0. The number of benzene rings is 1. The van der Waals surface area contributed by atoms with Gasteiger partial charge in [-0.3, -0.25) is 0 Å². The Morgan fingerprint density at radius 1 is 1.44 bits per heavy atom. The van der Waals surface area contributed by atoms with Crippen molar-refractivity contribution in [1.82, 2.24) is 0 Å². The maximum atomic E-state index is 11.4. The Morgan fingerprint density at radius 2 is 2.11 bits per heavy atom. The van der Waals surface area contributed by atoms with Crippen LogP contribution in [0.15, 0.2) is 28.1 Å². The van der Waals surface area contributed by atoms with Crippen molar-refractivity contribution in [1.29, 1.82) is 0 Å². The van der Waals surface area contributed by atoms with E-state index in [0.717, 1.165) is 0 Å². The van der Waals surface area contributed by atoms with Crippen molar-refractivity contribution in [2.75, 3.05) is 6.61 Å². The topological polar surface area (TPSA) is 81.8 Å². The van der Waals surface area contributed by atoms with Crippen molar-refractivity contribution in [2.45, 2.75) is 24.3 Å². The van der Waals surface area contributed by atoms with Crippen LogP contribution in [-0.2, 0) is 14.8 Å². The van der Waals surface area contributed by atoms with Crippen LogP contribution in [0.1, 0.15) is 19.4 Å². The molecule has 7 heteroatoms. The van der Waals surface area contributed by atoms with Crippen molar-refractivity contribution < 1.29 is 13.2 Å². The molecule has 1 aliphatic heterocycles. The zero-order valence-corrected chi connectivity index (χ0v) is 11.5. The summed E-state index contributed by atoms with van der Waals surface area (Å²) >= 11 is 5.80. The highest BCUT2D eigenvalue weighted by molar-refractivity contribution is 7.89. The lowest BCUT2D eigenvalue weighted by atomic mass is 10.1. The molecule has 1 aromatic carbocycles. The molecule has 0 fully saturated rings. The standard InChI is InChI=1S/C11H13ClN2O3S/c1-11(2)6-17-10(14-11)7-3-4-8(12)9(5-7)18(13,15)16/h3-5H,6H2,1-2H3,(H2,13,15,16). The minimum atomic E-state index is -3.86. The van der Waals surface area contributed by atoms with Crippen LogP contribution in [0, 0.1) is 0 Å². The van der Waals surface area contributed by atoms with Crippen LogP contribution in [0.4, 0.5) is 0 Å². The first kappa shape index (κ1) is 13.3. The zero-order chi connectivity index (χ0) is 13.6. The predicted molar refractivity (Wildman–Crippen MR) is 69.4 cm³/mol. The first-order chi connectivity index (χ1) is 8.19. The number of rotatable bonds is 2. The van der Waals surface area contributed by atoms with Crippen LogP contribution >= 0.6 is 11.6 Å². The Balaban J connectivity index is 2.50. The molecule has 2 rings (SSSR count). The molecule has 5 nitrogen and oxygen atoms in total. The highest BCUT2D eigenvalue weighted by Gasteiger charge is 2.27. The van der Waals surface area contributed by atoms with E-state index in [4.69, 9.17) is 21.5 Å². The van der Waals surface area contributed by atoms with Crippen LogP contribution in [0.2, 0.25) is 5.02 Å². The highest BCUT2D eigenvalue weighted by Crippen LogP contribution is 2.25. The molecule has 98 valence electrons. The van der Waals surface area contributed by atoms with Gasteiger partial charge in [-0.2, -0.15) is 0 Å². The molecule has 0 saturated carbocycles. The molecular weight excluding hydrogens is 276 g/mol. The van der Waals surface area contributed by atoms with E-state index < -0.39 is 10.0 Å². The monoisotopic (exact) mass is 288 g/mol. The van der Waals surface area contributed by atoms with E-state index in [0.29, 0.717) is 18.1 Å². The van der Waals surface area contributed by atoms with Gasteiger partial charge in [-0.15, -0.1) is 0 Å². The van der Waals surface area contributed by atoms with Crippen LogP contribution in [0.5, 0.6) is 0 Å². The van der Waals surface area contributed by atoms with Crippen molar-refractivity contribution >= 4 is 27.5 Å². The number of aliphatic imine (C=N–C) groups is 1. The molecule has 18 heavy (non-hydrogen) atoms. The van der Waals surface area contributed by atoms with Gasteiger partial charge in [0.25, 0.3) is 0 Å². The normalized spacial score (nSPS) is 18.3. The van der Waals surface area contributed by atoms with Gasteiger partial charge in [0, 0.05) is 5.56 Å². The van der Waals surface area contributed by atoms with Gasteiger partial charge >= 0.3 is 0 Å². The molecule has 1 heterocycles. The fourth-order valence-electron chi connectivity index (χ4n) is 1.59. The summed E-state index contributed by atoms with van der Waals surface area (Å²) in [6.45, 7) is 4.31. The molecule has 2 N–H and O–H groups in total. The number of halogens is 1. The molecule has 0 bridgehead atoms. The Hall–Kier alpha value is -1.11. The van der Waals surface area contributed by atoms with E-state index in [-0.39, 0.29) is 15.5 Å². The number of primary sulfonamides is 1. The lowest BCUT2D eigenvalue weighted by Gasteiger charge is -2.07. The van der Waals surface area contributed by atoms with Gasteiger partial charge in [-0.1, -0.05) is 11.6 Å². The van der Waals surface area contributed by atoms with Crippen molar-refractivity contribution in [3.05, 3.63) is 28.8 Å². The Labute approximate surface area is 111 Å².